The fraction of sp³-hybridized carbons (Fsp3) is 0.0714. The van der Waals surface area contributed by atoms with Gasteiger partial charge in [-0.2, -0.15) is 0 Å². The van der Waals surface area contributed by atoms with Crippen LogP contribution in [0.4, 0.5) is 20.8 Å². The Morgan fingerprint density at radius 2 is 2.05 bits per heavy atom. The summed E-state index contributed by atoms with van der Waals surface area (Å²) in [5.41, 5.74) is 1.50. The highest BCUT2D eigenvalue weighted by Crippen LogP contribution is 2.14. The summed E-state index contributed by atoms with van der Waals surface area (Å²) in [7, 11) is 0. The number of urea groups is 1. The van der Waals surface area contributed by atoms with Gasteiger partial charge in [0.1, 0.15) is 5.82 Å². The molecule has 106 valence electrons. The van der Waals surface area contributed by atoms with E-state index in [9.17, 15) is 9.18 Å². The van der Waals surface area contributed by atoms with Gasteiger partial charge in [0.2, 0.25) is 5.95 Å². The molecule has 0 fully saturated rings. The molecule has 6 nitrogen and oxygen atoms in total. The van der Waals surface area contributed by atoms with E-state index in [0.29, 0.717) is 16.9 Å². The number of nitrogens with one attached hydrogen (secondary N) is 2. The summed E-state index contributed by atoms with van der Waals surface area (Å²) in [6.45, 7) is 1.65. The molecule has 0 spiro atoms. The van der Waals surface area contributed by atoms with Crippen LogP contribution in [0.2, 0.25) is 0 Å². The van der Waals surface area contributed by atoms with E-state index in [1.54, 1.807) is 41.8 Å². The second kappa shape index (κ2) is 5.20. The highest BCUT2D eigenvalue weighted by atomic mass is 19.1. The van der Waals surface area contributed by atoms with Crippen LogP contribution in [0.15, 0.2) is 42.6 Å². The highest BCUT2D eigenvalue weighted by Gasteiger charge is 2.09. The normalized spacial score (nSPS) is 10.6. The largest absolute Gasteiger partial charge is 0.326 e. The lowest BCUT2D eigenvalue weighted by atomic mass is 10.2. The molecular formula is C14H12FN5O. The van der Waals surface area contributed by atoms with Gasteiger partial charge in [0, 0.05) is 11.9 Å². The van der Waals surface area contributed by atoms with Crippen molar-refractivity contribution in [3.63, 3.8) is 0 Å². The second-order valence-corrected chi connectivity index (χ2v) is 4.50. The lowest BCUT2D eigenvalue weighted by Gasteiger charge is -2.07. The lowest BCUT2D eigenvalue weighted by molar-refractivity contribution is 0.262. The number of hydrogen-bond donors (Lipinski definition) is 2. The number of amides is 2. The van der Waals surface area contributed by atoms with Gasteiger partial charge in [0.25, 0.3) is 0 Å². The van der Waals surface area contributed by atoms with Crippen LogP contribution in [0.25, 0.3) is 5.65 Å². The fourth-order valence-electron chi connectivity index (χ4n) is 1.86. The minimum absolute atomic E-state index is 0.288. The smallest absolute Gasteiger partial charge is 0.308 e. The van der Waals surface area contributed by atoms with Gasteiger partial charge in [0.15, 0.2) is 5.65 Å². The number of pyridine rings is 1. The molecule has 2 aromatic heterocycles. The molecule has 21 heavy (non-hydrogen) atoms. The second-order valence-electron chi connectivity index (χ2n) is 4.50. The summed E-state index contributed by atoms with van der Waals surface area (Å²) in [5.74, 6) is -0.0867. The lowest BCUT2D eigenvalue weighted by Crippen LogP contribution is -2.21. The number of benzene rings is 1. The Hall–Kier alpha value is -2.96. The number of hydrogen-bond acceptors (Lipinski definition) is 3. The topological polar surface area (TPSA) is 71.3 Å². The standard InChI is InChI=1S/C14H12FN5O/c1-9-5-6-10(8-11(9)15)16-14(21)17-13-19-18-12-4-2-3-7-20(12)13/h2-8H,1H3,(H2,16,17,19,21). The molecule has 0 aliphatic heterocycles. The van der Waals surface area contributed by atoms with Crippen molar-refractivity contribution in [3.05, 3.63) is 54.0 Å². The van der Waals surface area contributed by atoms with Crippen molar-refractivity contribution in [2.24, 2.45) is 0 Å². The zero-order valence-electron chi connectivity index (χ0n) is 11.2. The molecule has 0 radical (unpaired) electrons. The Labute approximate surface area is 119 Å². The number of nitrogens with zero attached hydrogens (tertiary/aromatic N) is 3. The van der Waals surface area contributed by atoms with Crippen LogP contribution < -0.4 is 10.6 Å². The Bertz CT molecular complexity index is 814. The van der Waals surface area contributed by atoms with Gasteiger partial charge in [-0.1, -0.05) is 12.1 Å². The van der Waals surface area contributed by atoms with Crippen LogP contribution in [0.5, 0.6) is 0 Å². The number of anilines is 2. The van der Waals surface area contributed by atoms with E-state index in [0.717, 1.165) is 0 Å². The SMILES string of the molecule is Cc1ccc(NC(=O)Nc2nnc3ccccn23)cc1F. The summed E-state index contributed by atoms with van der Waals surface area (Å²) in [6.07, 6.45) is 1.73. The van der Waals surface area contributed by atoms with Gasteiger partial charge in [-0.25, -0.2) is 9.18 Å². The molecule has 2 amide bonds. The van der Waals surface area contributed by atoms with Crippen molar-refractivity contribution in [3.8, 4) is 0 Å². The maximum atomic E-state index is 13.4. The van der Waals surface area contributed by atoms with Gasteiger partial charge >= 0.3 is 6.03 Å². The number of carbonyl (C=O) groups excluding carboxylic acids is 1. The number of halogens is 1. The number of rotatable bonds is 2. The molecule has 7 heteroatoms. The van der Waals surface area contributed by atoms with Gasteiger partial charge < -0.3 is 5.32 Å². The van der Waals surface area contributed by atoms with E-state index in [-0.39, 0.29) is 11.8 Å². The third-order valence-corrected chi connectivity index (χ3v) is 2.97. The highest BCUT2D eigenvalue weighted by molar-refractivity contribution is 5.98. The first-order chi connectivity index (χ1) is 10.1. The Morgan fingerprint density at radius 1 is 1.19 bits per heavy atom. The minimum Gasteiger partial charge on any atom is -0.308 e. The van der Waals surface area contributed by atoms with Crippen molar-refractivity contribution in [2.45, 2.75) is 6.92 Å². The molecular weight excluding hydrogens is 273 g/mol. The van der Waals surface area contributed by atoms with Crippen LogP contribution >= 0.6 is 0 Å². The molecule has 2 N–H and O–H groups in total. The molecule has 3 aromatic rings. The molecule has 2 heterocycles. The van der Waals surface area contributed by atoms with Crippen molar-refractivity contribution < 1.29 is 9.18 Å². The third kappa shape index (κ3) is 2.66. The quantitative estimate of drug-likeness (QED) is 0.760. The first-order valence-electron chi connectivity index (χ1n) is 6.27. The van der Waals surface area contributed by atoms with Crippen molar-refractivity contribution in [1.29, 1.82) is 0 Å². The first-order valence-corrected chi connectivity index (χ1v) is 6.27. The van der Waals surface area contributed by atoms with Crippen LogP contribution in [0, 0.1) is 12.7 Å². The van der Waals surface area contributed by atoms with Gasteiger partial charge in [-0.3, -0.25) is 9.72 Å². The molecule has 0 atom stereocenters. The zero-order chi connectivity index (χ0) is 14.8. The zero-order valence-corrected chi connectivity index (χ0v) is 11.2. The Balaban J connectivity index is 1.75. The molecule has 0 aliphatic carbocycles. The van der Waals surface area contributed by atoms with Crippen LogP contribution in [0.3, 0.4) is 0 Å². The average molecular weight is 285 g/mol. The van der Waals surface area contributed by atoms with Crippen molar-refractivity contribution >= 4 is 23.3 Å². The average Bonchev–Trinajstić information content (AvgIpc) is 2.86. The predicted octanol–water partition coefficient (Wildman–Crippen LogP) is 2.82. The Kier molecular flexibility index (Phi) is 3.23. The number of aromatic nitrogens is 3. The molecule has 0 aliphatic rings. The predicted molar refractivity (Wildman–Crippen MR) is 76.8 cm³/mol. The first kappa shape index (κ1) is 13.0. The summed E-state index contributed by atoms with van der Waals surface area (Å²) in [6, 6.07) is 9.36. The number of fused-ring (bicyclic) bond motifs is 1. The minimum atomic E-state index is -0.517. The number of aryl methyl sites for hydroxylation is 1. The molecule has 1 aromatic carbocycles. The van der Waals surface area contributed by atoms with Crippen LogP contribution in [-0.4, -0.2) is 20.6 Å². The monoisotopic (exact) mass is 285 g/mol. The van der Waals surface area contributed by atoms with E-state index in [1.807, 2.05) is 6.07 Å². The summed E-state index contributed by atoms with van der Waals surface area (Å²) in [5, 5.41) is 12.9. The summed E-state index contributed by atoms with van der Waals surface area (Å²) < 4.78 is 15.1. The summed E-state index contributed by atoms with van der Waals surface area (Å²) >= 11 is 0. The van der Waals surface area contributed by atoms with Crippen LogP contribution in [-0.2, 0) is 0 Å². The Morgan fingerprint density at radius 3 is 2.86 bits per heavy atom. The maximum Gasteiger partial charge on any atom is 0.326 e. The molecule has 0 saturated heterocycles. The molecule has 0 unspecified atom stereocenters. The van der Waals surface area contributed by atoms with Gasteiger partial charge in [-0.15, -0.1) is 10.2 Å². The van der Waals surface area contributed by atoms with E-state index in [1.165, 1.54) is 6.07 Å². The molecule has 3 rings (SSSR count). The summed E-state index contributed by atoms with van der Waals surface area (Å²) in [4.78, 5) is 11.9. The van der Waals surface area contributed by atoms with E-state index >= 15 is 0 Å². The molecule has 0 bridgehead atoms. The van der Waals surface area contributed by atoms with Crippen molar-refractivity contribution in [1.82, 2.24) is 14.6 Å². The number of carbonyl (C=O) groups is 1. The van der Waals surface area contributed by atoms with Gasteiger partial charge in [-0.05, 0) is 36.8 Å². The van der Waals surface area contributed by atoms with E-state index in [4.69, 9.17) is 0 Å². The fourth-order valence-corrected chi connectivity index (χ4v) is 1.86. The van der Waals surface area contributed by atoms with Crippen molar-refractivity contribution in [2.75, 3.05) is 10.6 Å². The van der Waals surface area contributed by atoms with E-state index < -0.39 is 6.03 Å². The maximum absolute atomic E-state index is 13.4. The van der Waals surface area contributed by atoms with E-state index in [2.05, 4.69) is 20.8 Å². The third-order valence-electron chi connectivity index (χ3n) is 2.97. The van der Waals surface area contributed by atoms with Gasteiger partial charge in [0.05, 0.1) is 0 Å². The van der Waals surface area contributed by atoms with Crippen LogP contribution in [0.1, 0.15) is 5.56 Å². The molecule has 0 saturated carbocycles.